The molecule has 0 aromatic heterocycles. The predicted octanol–water partition coefficient (Wildman–Crippen LogP) is 1.65. The zero-order valence-electron chi connectivity index (χ0n) is 10.4. The topological polar surface area (TPSA) is 49.3 Å². The second-order valence-corrected chi connectivity index (χ2v) is 6.31. The molecule has 0 aliphatic heterocycles. The first kappa shape index (κ1) is 14.8. The first-order valence-electron chi connectivity index (χ1n) is 5.14. The zero-order chi connectivity index (χ0) is 12.1. The van der Waals surface area contributed by atoms with Crippen molar-refractivity contribution in [3.8, 4) is 0 Å². The fourth-order valence-corrected chi connectivity index (χ4v) is 1.92. The molecule has 0 radical (unpaired) electrons. The molecule has 90 valence electrons. The van der Waals surface area contributed by atoms with Gasteiger partial charge in [0.1, 0.15) is 0 Å². The number of aliphatic hydroxyl groups is 1. The van der Waals surface area contributed by atoms with Crippen LogP contribution in [0.5, 0.6) is 0 Å². The third kappa shape index (κ3) is 8.75. The minimum Gasteiger partial charge on any atom is -0.387 e. The van der Waals surface area contributed by atoms with Crippen molar-refractivity contribution in [2.75, 3.05) is 18.6 Å². The maximum Gasteiger partial charge on any atom is 0.220 e. The second kappa shape index (κ2) is 5.75. The van der Waals surface area contributed by atoms with Crippen molar-refractivity contribution in [1.29, 1.82) is 0 Å². The van der Waals surface area contributed by atoms with Gasteiger partial charge in [-0.1, -0.05) is 20.8 Å². The van der Waals surface area contributed by atoms with Crippen molar-refractivity contribution in [2.24, 2.45) is 5.41 Å². The minimum atomic E-state index is -0.813. The molecule has 0 saturated carbocycles. The largest absolute Gasteiger partial charge is 0.387 e. The summed E-state index contributed by atoms with van der Waals surface area (Å²) in [6.45, 7) is 8.12. The van der Waals surface area contributed by atoms with Gasteiger partial charge in [0, 0.05) is 18.7 Å². The summed E-state index contributed by atoms with van der Waals surface area (Å²) in [7, 11) is 0. The Kier molecular flexibility index (Phi) is 5.67. The number of hydrogen-bond acceptors (Lipinski definition) is 3. The molecule has 0 aliphatic rings. The van der Waals surface area contributed by atoms with Gasteiger partial charge >= 0.3 is 0 Å². The van der Waals surface area contributed by atoms with Crippen molar-refractivity contribution in [1.82, 2.24) is 5.32 Å². The van der Waals surface area contributed by atoms with Gasteiger partial charge in [-0.15, -0.1) is 0 Å². The van der Waals surface area contributed by atoms with E-state index >= 15 is 0 Å². The van der Waals surface area contributed by atoms with Crippen LogP contribution in [0.4, 0.5) is 0 Å². The molecule has 0 rings (SSSR count). The van der Waals surface area contributed by atoms with E-state index in [0.29, 0.717) is 18.7 Å². The lowest BCUT2D eigenvalue weighted by atomic mass is 9.92. The normalized spacial score (nSPS) is 15.9. The molecule has 0 spiro atoms. The summed E-state index contributed by atoms with van der Waals surface area (Å²) in [6.07, 6.45) is 2.42. The van der Waals surface area contributed by atoms with Gasteiger partial charge in [0.25, 0.3) is 0 Å². The monoisotopic (exact) mass is 233 g/mol. The van der Waals surface area contributed by atoms with E-state index in [2.05, 4.69) is 5.32 Å². The SMILES string of the molecule is CSC[C@@](C)(O)CNC(=O)CC(C)(C)C. The Morgan fingerprint density at radius 3 is 2.27 bits per heavy atom. The van der Waals surface area contributed by atoms with Crippen LogP contribution in [0.25, 0.3) is 0 Å². The summed E-state index contributed by atoms with van der Waals surface area (Å²) >= 11 is 1.57. The Morgan fingerprint density at radius 1 is 1.33 bits per heavy atom. The van der Waals surface area contributed by atoms with E-state index in [-0.39, 0.29) is 11.3 Å². The van der Waals surface area contributed by atoms with E-state index in [9.17, 15) is 9.90 Å². The van der Waals surface area contributed by atoms with Crippen LogP contribution in [0.2, 0.25) is 0 Å². The lowest BCUT2D eigenvalue weighted by Crippen LogP contribution is -2.43. The van der Waals surface area contributed by atoms with Gasteiger partial charge in [-0.3, -0.25) is 4.79 Å². The molecule has 0 fully saturated rings. The third-order valence-corrected chi connectivity index (χ3v) is 2.72. The lowest BCUT2D eigenvalue weighted by Gasteiger charge is -2.24. The van der Waals surface area contributed by atoms with Gasteiger partial charge in [0.2, 0.25) is 5.91 Å². The van der Waals surface area contributed by atoms with Crippen molar-refractivity contribution >= 4 is 17.7 Å². The molecule has 0 aromatic rings. The van der Waals surface area contributed by atoms with Crippen LogP contribution in [-0.4, -0.2) is 35.2 Å². The van der Waals surface area contributed by atoms with Crippen LogP contribution >= 0.6 is 11.8 Å². The first-order valence-corrected chi connectivity index (χ1v) is 6.54. The van der Waals surface area contributed by atoms with Crippen molar-refractivity contribution in [3.63, 3.8) is 0 Å². The summed E-state index contributed by atoms with van der Waals surface area (Å²) in [5, 5.41) is 12.6. The zero-order valence-corrected chi connectivity index (χ0v) is 11.2. The predicted molar refractivity (Wildman–Crippen MR) is 66.1 cm³/mol. The fourth-order valence-electron chi connectivity index (χ4n) is 1.20. The number of amides is 1. The van der Waals surface area contributed by atoms with E-state index in [4.69, 9.17) is 0 Å². The van der Waals surface area contributed by atoms with Gasteiger partial charge in [-0.25, -0.2) is 0 Å². The maximum absolute atomic E-state index is 11.5. The summed E-state index contributed by atoms with van der Waals surface area (Å²) in [4.78, 5) is 11.5. The molecule has 4 heteroatoms. The van der Waals surface area contributed by atoms with Crippen molar-refractivity contribution in [3.05, 3.63) is 0 Å². The average molecular weight is 233 g/mol. The van der Waals surface area contributed by atoms with Crippen LogP contribution in [0, 0.1) is 5.41 Å². The Balaban J connectivity index is 3.90. The maximum atomic E-state index is 11.5. The summed E-state index contributed by atoms with van der Waals surface area (Å²) < 4.78 is 0. The highest BCUT2D eigenvalue weighted by Gasteiger charge is 2.22. The summed E-state index contributed by atoms with van der Waals surface area (Å²) in [6, 6.07) is 0. The standard InChI is InChI=1S/C11H23NO2S/c1-10(2,3)6-9(13)12-7-11(4,14)8-15-5/h14H,6-8H2,1-5H3,(H,12,13)/t11-/m0/s1. The van der Waals surface area contributed by atoms with E-state index in [1.807, 2.05) is 27.0 Å². The third-order valence-electron chi connectivity index (χ3n) is 1.81. The second-order valence-electron chi connectivity index (χ2n) is 5.44. The molecule has 0 aromatic carbocycles. The van der Waals surface area contributed by atoms with Crippen LogP contribution in [0.1, 0.15) is 34.1 Å². The summed E-state index contributed by atoms with van der Waals surface area (Å²) in [5.74, 6) is 0.631. The first-order chi connectivity index (χ1) is 6.66. The molecule has 0 heterocycles. The van der Waals surface area contributed by atoms with E-state index in [0.717, 1.165) is 0 Å². The molecule has 0 bridgehead atoms. The summed E-state index contributed by atoms with van der Waals surface area (Å²) in [5.41, 5.74) is -0.817. The molecular weight excluding hydrogens is 210 g/mol. The molecule has 2 N–H and O–H groups in total. The van der Waals surface area contributed by atoms with Crippen molar-refractivity contribution < 1.29 is 9.90 Å². The van der Waals surface area contributed by atoms with Gasteiger partial charge in [0.15, 0.2) is 0 Å². The number of carbonyl (C=O) groups excluding carboxylic acids is 1. The number of hydrogen-bond donors (Lipinski definition) is 2. The van der Waals surface area contributed by atoms with Gasteiger partial charge < -0.3 is 10.4 Å². The van der Waals surface area contributed by atoms with E-state index in [1.54, 1.807) is 18.7 Å². The Morgan fingerprint density at radius 2 is 1.87 bits per heavy atom. The Labute approximate surface area is 97.0 Å². The molecule has 15 heavy (non-hydrogen) atoms. The quantitative estimate of drug-likeness (QED) is 0.759. The number of thioether (sulfide) groups is 1. The van der Waals surface area contributed by atoms with E-state index in [1.165, 1.54) is 0 Å². The number of rotatable bonds is 5. The van der Waals surface area contributed by atoms with Gasteiger partial charge in [0.05, 0.1) is 5.60 Å². The van der Waals surface area contributed by atoms with Crippen LogP contribution < -0.4 is 5.32 Å². The molecular formula is C11H23NO2S. The van der Waals surface area contributed by atoms with Crippen LogP contribution in [0.15, 0.2) is 0 Å². The van der Waals surface area contributed by atoms with Gasteiger partial charge in [-0.2, -0.15) is 11.8 Å². The van der Waals surface area contributed by atoms with Gasteiger partial charge in [-0.05, 0) is 18.6 Å². The average Bonchev–Trinajstić information content (AvgIpc) is 1.98. The minimum absolute atomic E-state index is 0.00359. The number of carbonyl (C=O) groups is 1. The highest BCUT2D eigenvalue weighted by atomic mass is 32.2. The smallest absolute Gasteiger partial charge is 0.220 e. The lowest BCUT2D eigenvalue weighted by molar-refractivity contribution is -0.123. The Bertz CT molecular complexity index is 209. The molecule has 0 saturated heterocycles. The molecule has 1 amide bonds. The molecule has 0 aliphatic carbocycles. The van der Waals surface area contributed by atoms with Crippen LogP contribution in [-0.2, 0) is 4.79 Å². The van der Waals surface area contributed by atoms with E-state index < -0.39 is 5.60 Å². The molecule has 0 unspecified atom stereocenters. The number of nitrogens with one attached hydrogen (secondary N) is 1. The van der Waals surface area contributed by atoms with Crippen molar-refractivity contribution in [2.45, 2.75) is 39.7 Å². The molecule has 1 atom stereocenters. The Hall–Kier alpha value is -0.220. The fraction of sp³-hybridized carbons (Fsp3) is 0.909. The highest BCUT2D eigenvalue weighted by Crippen LogP contribution is 2.18. The van der Waals surface area contributed by atoms with Crippen LogP contribution in [0.3, 0.4) is 0 Å². The molecule has 3 nitrogen and oxygen atoms in total. The highest BCUT2D eigenvalue weighted by molar-refractivity contribution is 7.98.